The second-order valence-corrected chi connectivity index (χ2v) is 11.6. The number of benzene rings is 1. The zero-order chi connectivity index (χ0) is 30.6. The molecule has 2 rings (SSSR count). The fourth-order valence-corrected chi connectivity index (χ4v) is 6.50. The fourth-order valence-electron chi connectivity index (χ4n) is 6.50. The molecule has 1 saturated heterocycles. The lowest BCUT2D eigenvalue weighted by atomic mass is 9.88. The minimum Gasteiger partial charge on any atom is -0.367 e. The highest BCUT2D eigenvalue weighted by Gasteiger charge is 2.35. The van der Waals surface area contributed by atoms with Gasteiger partial charge in [0.05, 0.1) is 0 Å². The highest BCUT2D eigenvalue weighted by atomic mass is 16.1. The number of aldehydes is 1. The number of allylic oxidation sites excluding steroid dienone is 1. The monoisotopic (exact) mass is 568 g/mol. The summed E-state index contributed by atoms with van der Waals surface area (Å²) in [5.74, 6) is 0.986. The average molecular weight is 568 g/mol. The molecule has 41 heavy (non-hydrogen) atoms. The predicted molar refractivity (Wildman–Crippen MR) is 182 cm³/mol. The maximum absolute atomic E-state index is 11.8. The molecule has 0 spiro atoms. The first-order chi connectivity index (χ1) is 20.0. The van der Waals surface area contributed by atoms with Gasteiger partial charge < -0.3 is 9.80 Å². The van der Waals surface area contributed by atoms with Crippen LogP contribution in [0.3, 0.4) is 0 Å². The van der Waals surface area contributed by atoms with E-state index >= 15 is 0 Å². The molecule has 234 valence electrons. The Hall–Kier alpha value is -1.91. The van der Waals surface area contributed by atoms with Gasteiger partial charge in [-0.1, -0.05) is 97.6 Å². The van der Waals surface area contributed by atoms with Gasteiger partial charge in [0.25, 0.3) is 0 Å². The molecule has 1 aromatic carbocycles. The third-order valence-corrected chi connectivity index (χ3v) is 8.78. The van der Waals surface area contributed by atoms with Crippen LogP contribution in [0.4, 0.5) is 5.69 Å². The van der Waals surface area contributed by atoms with Crippen molar-refractivity contribution >= 4 is 12.0 Å². The SMILES string of the molecule is C=CC1C(/C=C\C)N(CCCN(CCC)CCCC)CCN(c2cc(C=O)ccc2CC(CC)CCC)C1C.CC. The molecule has 1 heterocycles. The Labute approximate surface area is 255 Å². The average Bonchev–Trinajstić information content (AvgIpc) is 3.12. The van der Waals surface area contributed by atoms with Crippen molar-refractivity contribution in [2.75, 3.05) is 44.2 Å². The van der Waals surface area contributed by atoms with Crippen LogP contribution in [0.1, 0.15) is 116 Å². The first-order valence-electron chi connectivity index (χ1n) is 17.0. The van der Waals surface area contributed by atoms with Crippen molar-refractivity contribution in [2.45, 2.75) is 119 Å². The Balaban J connectivity index is 0.00000411. The molecule has 4 unspecified atom stereocenters. The van der Waals surface area contributed by atoms with Gasteiger partial charge in [-0.15, -0.1) is 6.58 Å². The van der Waals surface area contributed by atoms with E-state index in [9.17, 15) is 4.79 Å². The van der Waals surface area contributed by atoms with Gasteiger partial charge >= 0.3 is 0 Å². The van der Waals surface area contributed by atoms with E-state index in [1.54, 1.807) is 0 Å². The van der Waals surface area contributed by atoms with Gasteiger partial charge in [-0.05, 0) is 76.7 Å². The van der Waals surface area contributed by atoms with E-state index in [1.807, 2.05) is 19.9 Å². The minimum absolute atomic E-state index is 0.293. The number of hydrogen-bond donors (Lipinski definition) is 0. The highest BCUT2D eigenvalue weighted by molar-refractivity contribution is 5.78. The summed E-state index contributed by atoms with van der Waals surface area (Å²) < 4.78 is 0. The summed E-state index contributed by atoms with van der Waals surface area (Å²) >= 11 is 0. The molecule has 4 atom stereocenters. The molecule has 0 bridgehead atoms. The minimum atomic E-state index is 0.293. The first-order valence-corrected chi connectivity index (χ1v) is 17.0. The van der Waals surface area contributed by atoms with Gasteiger partial charge in [-0.25, -0.2) is 0 Å². The molecule has 4 heteroatoms. The van der Waals surface area contributed by atoms with Crippen LogP contribution in [0, 0.1) is 11.8 Å². The van der Waals surface area contributed by atoms with Crippen molar-refractivity contribution in [2.24, 2.45) is 11.8 Å². The van der Waals surface area contributed by atoms with E-state index in [0.717, 1.165) is 37.9 Å². The van der Waals surface area contributed by atoms with Crippen molar-refractivity contribution < 1.29 is 4.79 Å². The summed E-state index contributed by atoms with van der Waals surface area (Å²) in [4.78, 5) is 19.8. The van der Waals surface area contributed by atoms with Gasteiger partial charge in [-0.2, -0.15) is 0 Å². The van der Waals surface area contributed by atoms with Crippen LogP contribution in [0.2, 0.25) is 0 Å². The summed E-state index contributed by atoms with van der Waals surface area (Å²) in [6.45, 7) is 28.7. The molecular formula is C37H65N3O. The molecule has 0 amide bonds. The van der Waals surface area contributed by atoms with Gasteiger partial charge in [-0.3, -0.25) is 9.69 Å². The number of anilines is 1. The molecular weight excluding hydrogens is 502 g/mol. The number of unbranched alkanes of at least 4 members (excludes halogenated alkanes) is 1. The van der Waals surface area contributed by atoms with Gasteiger partial charge in [0, 0.05) is 48.9 Å². The normalized spacial score (nSPS) is 20.5. The maximum atomic E-state index is 11.8. The van der Waals surface area contributed by atoms with Crippen LogP contribution < -0.4 is 4.90 Å². The van der Waals surface area contributed by atoms with E-state index in [2.05, 4.69) is 93.2 Å². The molecule has 1 aliphatic heterocycles. The summed E-state index contributed by atoms with van der Waals surface area (Å²) in [6, 6.07) is 7.00. The molecule has 1 fully saturated rings. The summed E-state index contributed by atoms with van der Waals surface area (Å²) in [7, 11) is 0. The Morgan fingerprint density at radius 3 is 2.34 bits per heavy atom. The van der Waals surface area contributed by atoms with Crippen LogP contribution >= 0.6 is 0 Å². The third-order valence-electron chi connectivity index (χ3n) is 8.78. The summed E-state index contributed by atoms with van der Waals surface area (Å²) in [5, 5.41) is 0. The smallest absolute Gasteiger partial charge is 0.150 e. The second-order valence-electron chi connectivity index (χ2n) is 11.6. The molecule has 0 aliphatic carbocycles. The number of carbonyl (C=O) groups excluding carboxylic acids is 1. The van der Waals surface area contributed by atoms with Crippen LogP contribution in [-0.4, -0.2) is 67.4 Å². The van der Waals surface area contributed by atoms with E-state index in [0.29, 0.717) is 23.9 Å². The Morgan fingerprint density at radius 2 is 1.76 bits per heavy atom. The number of carbonyl (C=O) groups is 1. The van der Waals surface area contributed by atoms with Crippen LogP contribution in [0.5, 0.6) is 0 Å². The van der Waals surface area contributed by atoms with Crippen LogP contribution in [-0.2, 0) is 6.42 Å². The Morgan fingerprint density at radius 1 is 1.02 bits per heavy atom. The molecule has 0 saturated carbocycles. The van der Waals surface area contributed by atoms with Gasteiger partial charge in [0.15, 0.2) is 0 Å². The van der Waals surface area contributed by atoms with E-state index in [-0.39, 0.29) is 0 Å². The molecule has 1 aromatic rings. The van der Waals surface area contributed by atoms with Gasteiger partial charge in [0.2, 0.25) is 0 Å². The predicted octanol–water partition coefficient (Wildman–Crippen LogP) is 9.05. The van der Waals surface area contributed by atoms with E-state index < -0.39 is 0 Å². The van der Waals surface area contributed by atoms with Crippen molar-refractivity contribution in [1.29, 1.82) is 0 Å². The summed E-state index contributed by atoms with van der Waals surface area (Å²) in [5.41, 5.74) is 3.41. The van der Waals surface area contributed by atoms with E-state index in [1.165, 1.54) is 75.8 Å². The topological polar surface area (TPSA) is 26.8 Å². The zero-order valence-corrected chi connectivity index (χ0v) is 28.2. The fraction of sp³-hybridized carbons (Fsp3) is 0.703. The van der Waals surface area contributed by atoms with Crippen molar-refractivity contribution in [3.05, 3.63) is 54.1 Å². The third kappa shape index (κ3) is 11.7. The molecule has 0 radical (unpaired) electrons. The zero-order valence-electron chi connectivity index (χ0n) is 28.2. The lowest BCUT2D eigenvalue weighted by Gasteiger charge is -2.37. The largest absolute Gasteiger partial charge is 0.367 e. The van der Waals surface area contributed by atoms with Crippen molar-refractivity contribution in [3.63, 3.8) is 0 Å². The van der Waals surface area contributed by atoms with Crippen molar-refractivity contribution in [1.82, 2.24) is 9.80 Å². The molecule has 0 aromatic heterocycles. The van der Waals surface area contributed by atoms with Crippen LogP contribution in [0.15, 0.2) is 43.0 Å². The lowest BCUT2D eigenvalue weighted by Crippen LogP contribution is -2.43. The lowest BCUT2D eigenvalue weighted by molar-refractivity contribution is 0.112. The number of rotatable bonds is 18. The van der Waals surface area contributed by atoms with Crippen molar-refractivity contribution in [3.8, 4) is 0 Å². The number of hydrogen-bond acceptors (Lipinski definition) is 4. The number of nitrogens with zero attached hydrogens (tertiary/aromatic N) is 3. The maximum Gasteiger partial charge on any atom is 0.150 e. The Bertz CT molecular complexity index is 866. The van der Waals surface area contributed by atoms with Crippen LogP contribution in [0.25, 0.3) is 0 Å². The standard InChI is InChI=1S/C35H59N3O.C2H6/c1-8-14-21-36(20-11-4)22-15-23-37-24-25-38(29(7)33(13-6)34(37)17-10-3)35-27-31(28-39)18-19-32(35)26-30(12-5)16-9-2;1-2/h10,13,17-19,27-30,33-34H,6,8-9,11-12,14-16,20-26H2,1-5,7H3;1-2H3/b17-10-;. The summed E-state index contributed by atoms with van der Waals surface area (Å²) in [6.07, 6.45) is 17.5. The second kappa shape index (κ2) is 21.7. The first kappa shape index (κ1) is 37.1. The van der Waals surface area contributed by atoms with Gasteiger partial charge in [0.1, 0.15) is 6.29 Å². The Kier molecular flexibility index (Phi) is 19.7. The molecule has 1 aliphatic rings. The molecule has 0 N–H and O–H groups in total. The highest BCUT2D eigenvalue weighted by Crippen LogP contribution is 2.34. The quantitative estimate of drug-likeness (QED) is 0.131. The molecule has 4 nitrogen and oxygen atoms in total. The van der Waals surface area contributed by atoms with E-state index in [4.69, 9.17) is 0 Å².